The lowest BCUT2D eigenvalue weighted by atomic mass is 10.0. The molecule has 3 nitrogen and oxygen atoms in total. The fraction of sp³-hybridized carbons (Fsp3) is 0. The lowest BCUT2D eigenvalue weighted by Gasteiger charge is -2.10. The van der Waals surface area contributed by atoms with Crippen LogP contribution in [0.25, 0.3) is 11.1 Å². The van der Waals surface area contributed by atoms with Crippen molar-refractivity contribution in [3.8, 4) is 22.6 Å². The number of hydrogen-bond donors (Lipinski definition) is 2. The summed E-state index contributed by atoms with van der Waals surface area (Å²) in [5.41, 5.74) is 15.3. The second-order valence-corrected chi connectivity index (χ2v) is 4.79. The van der Waals surface area contributed by atoms with E-state index in [0.717, 1.165) is 11.1 Å². The van der Waals surface area contributed by atoms with Gasteiger partial charge < -0.3 is 16.2 Å². The van der Waals surface area contributed by atoms with E-state index in [4.69, 9.17) is 16.2 Å². The van der Waals surface area contributed by atoms with Gasteiger partial charge in [-0.25, -0.2) is 0 Å². The highest BCUT2D eigenvalue weighted by Crippen LogP contribution is 2.31. The predicted octanol–water partition coefficient (Wildman–Crippen LogP) is 4.31. The highest BCUT2D eigenvalue weighted by atomic mass is 16.5. The molecule has 0 atom stereocenters. The minimum absolute atomic E-state index is 0.668. The van der Waals surface area contributed by atoms with Crippen molar-refractivity contribution in [2.45, 2.75) is 0 Å². The van der Waals surface area contributed by atoms with Gasteiger partial charge in [-0.3, -0.25) is 0 Å². The number of rotatable bonds is 3. The summed E-state index contributed by atoms with van der Waals surface area (Å²) in [4.78, 5) is 0. The molecule has 0 saturated carbocycles. The van der Waals surface area contributed by atoms with E-state index in [0.29, 0.717) is 22.9 Å². The number of ether oxygens (including phenoxy) is 1. The topological polar surface area (TPSA) is 61.3 Å². The first kappa shape index (κ1) is 13.1. The first-order valence-corrected chi connectivity index (χ1v) is 6.71. The zero-order valence-corrected chi connectivity index (χ0v) is 11.5. The van der Waals surface area contributed by atoms with Gasteiger partial charge in [0, 0.05) is 29.1 Å². The van der Waals surface area contributed by atoms with Crippen molar-refractivity contribution in [2.24, 2.45) is 0 Å². The van der Waals surface area contributed by atoms with Crippen LogP contribution in [0.15, 0.2) is 72.8 Å². The molecule has 3 rings (SSSR count). The maximum Gasteiger partial charge on any atom is 0.129 e. The number of nitrogens with two attached hydrogens (primary N) is 2. The first-order valence-electron chi connectivity index (χ1n) is 6.71. The van der Waals surface area contributed by atoms with Gasteiger partial charge in [0.2, 0.25) is 0 Å². The van der Waals surface area contributed by atoms with E-state index in [-0.39, 0.29) is 0 Å². The summed E-state index contributed by atoms with van der Waals surface area (Å²) in [6.45, 7) is 0. The summed E-state index contributed by atoms with van der Waals surface area (Å²) in [6, 6.07) is 23.0. The van der Waals surface area contributed by atoms with Crippen molar-refractivity contribution in [3.05, 3.63) is 72.8 Å². The second kappa shape index (κ2) is 5.59. The SMILES string of the molecule is Nc1cccc(Oc2ccc(-c3ccccc3)c(N)c2)c1. The number of nitrogen functional groups attached to an aromatic ring is 2. The zero-order valence-electron chi connectivity index (χ0n) is 11.5. The summed E-state index contributed by atoms with van der Waals surface area (Å²) >= 11 is 0. The average molecular weight is 276 g/mol. The zero-order chi connectivity index (χ0) is 14.7. The van der Waals surface area contributed by atoms with Crippen LogP contribution in [0.5, 0.6) is 11.5 Å². The standard InChI is InChI=1S/C18H16N2O/c19-14-7-4-8-15(11-14)21-16-9-10-17(18(20)12-16)13-5-2-1-3-6-13/h1-12H,19-20H2. The minimum Gasteiger partial charge on any atom is -0.457 e. The third kappa shape index (κ3) is 2.98. The molecular formula is C18H16N2O. The van der Waals surface area contributed by atoms with Gasteiger partial charge in [-0.15, -0.1) is 0 Å². The maximum absolute atomic E-state index is 6.13. The lowest BCUT2D eigenvalue weighted by molar-refractivity contribution is 0.483. The molecule has 0 saturated heterocycles. The van der Waals surface area contributed by atoms with Gasteiger partial charge in [-0.2, -0.15) is 0 Å². The molecule has 0 aromatic heterocycles. The number of benzene rings is 3. The Bertz CT molecular complexity index is 754. The van der Waals surface area contributed by atoms with E-state index >= 15 is 0 Å². The normalized spacial score (nSPS) is 10.3. The highest BCUT2D eigenvalue weighted by molar-refractivity contribution is 5.77. The Balaban J connectivity index is 1.88. The molecule has 0 radical (unpaired) electrons. The molecule has 0 amide bonds. The van der Waals surface area contributed by atoms with E-state index in [1.54, 1.807) is 6.07 Å². The maximum atomic E-state index is 6.13. The number of anilines is 2. The molecule has 21 heavy (non-hydrogen) atoms. The van der Waals surface area contributed by atoms with E-state index in [1.165, 1.54) is 0 Å². The minimum atomic E-state index is 0.668. The van der Waals surface area contributed by atoms with E-state index in [1.807, 2.05) is 66.7 Å². The lowest BCUT2D eigenvalue weighted by Crippen LogP contribution is -1.92. The van der Waals surface area contributed by atoms with Gasteiger partial charge in [0.25, 0.3) is 0 Å². The fourth-order valence-corrected chi connectivity index (χ4v) is 2.20. The summed E-state index contributed by atoms with van der Waals surface area (Å²) < 4.78 is 5.77. The van der Waals surface area contributed by atoms with Crippen LogP contribution in [0.1, 0.15) is 0 Å². The molecule has 3 heteroatoms. The highest BCUT2D eigenvalue weighted by Gasteiger charge is 2.05. The smallest absolute Gasteiger partial charge is 0.129 e. The Morgan fingerprint density at radius 1 is 0.667 bits per heavy atom. The monoisotopic (exact) mass is 276 g/mol. The number of hydrogen-bond acceptors (Lipinski definition) is 3. The molecule has 104 valence electrons. The molecule has 0 spiro atoms. The van der Waals surface area contributed by atoms with Crippen molar-refractivity contribution in [3.63, 3.8) is 0 Å². The molecule has 3 aromatic rings. The summed E-state index contributed by atoms with van der Waals surface area (Å²) in [5, 5.41) is 0. The Labute approximate surface area is 123 Å². The molecule has 0 bridgehead atoms. The molecule has 0 aliphatic rings. The molecule has 0 aliphatic heterocycles. The summed E-state index contributed by atoms with van der Waals surface area (Å²) in [7, 11) is 0. The van der Waals surface area contributed by atoms with E-state index in [9.17, 15) is 0 Å². The first-order chi connectivity index (χ1) is 10.2. The molecular weight excluding hydrogens is 260 g/mol. The second-order valence-electron chi connectivity index (χ2n) is 4.79. The summed E-state index contributed by atoms with van der Waals surface area (Å²) in [6.07, 6.45) is 0. The molecule has 0 fully saturated rings. The van der Waals surface area contributed by atoms with Crippen molar-refractivity contribution < 1.29 is 4.74 Å². The molecule has 4 N–H and O–H groups in total. The van der Waals surface area contributed by atoms with Crippen molar-refractivity contribution >= 4 is 11.4 Å². The third-order valence-corrected chi connectivity index (χ3v) is 3.20. The van der Waals surface area contributed by atoms with Gasteiger partial charge in [-0.05, 0) is 29.8 Å². The van der Waals surface area contributed by atoms with E-state index in [2.05, 4.69) is 0 Å². The molecule has 0 aliphatic carbocycles. The van der Waals surface area contributed by atoms with Crippen LogP contribution in [0.4, 0.5) is 11.4 Å². The third-order valence-electron chi connectivity index (χ3n) is 3.20. The van der Waals surface area contributed by atoms with Crippen LogP contribution in [0.3, 0.4) is 0 Å². The van der Waals surface area contributed by atoms with Crippen molar-refractivity contribution in [1.29, 1.82) is 0 Å². The van der Waals surface area contributed by atoms with Crippen molar-refractivity contribution in [1.82, 2.24) is 0 Å². The Morgan fingerprint density at radius 3 is 2.14 bits per heavy atom. The van der Waals surface area contributed by atoms with Crippen LogP contribution >= 0.6 is 0 Å². The Hall–Kier alpha value is -2.94. The molecule has 3 aromatic carbocycles. The summed E-state index contributed by atoms with van der Waals surface area (Å²) in [5.74, 6) is 1.39. The van der Waals surface area contributed by atoms with Crippen LogP contribution in [-0.2, 0) is 0 Å². The van der Waals surface area contributed by atoms with Crippen molar-refractivity contribution in [2.75, 3.05) is 11.5 Å². The largest absolute Gasteiger partial charge is 0.457 e. The fourth-order valence-electron chi connectivity index (χ4n) is 2.20. The van der Waals surface area contributed by atoms with Crippen LogP contribution < -0.4 is 16.2 Å². The predicted molar refractivity (Wildman–Crippen MR) is 87.2 cm³/mol. The van der Waals surface area contributed by atoms with Gasteiger partial charge in [-0.1, -0.05) is 36.4 Å². The van der Waals surface area contributed by atoms with Crippen LogP contribution in [0.2, 0.25) is 0 Å². The van der Waals surface area contributed by atoms with Gasteiger partial charge >= 0.3 is 0 Å². The van der Waals surface area contributed by atoms with Crippen LogP contribution in [0, 0.1) is 0 Å². The van der Waals surface area contributed by atoms with Gasteiger partial charge in [0.05, 0.1) is 0 Å². The van der Waals surface area contributed by atoms with Gasteiger partial charge in [0.1, 0.15) is 11.5 Å². The molecule has 0 heterocycles. The van der Waals surface area contributed by atoms with E-state index < -0.39 is 0 Å². The Morgan fingerprint density at radius 2 is 1.43 bits per heavy atom. The molecule has 0 unspecified atom stereocenters. The van der Waals surface area contributed by atoms with Crippen LogP contribution in [-0.4, -0.2) is 0 Å². The quantitative estimate of drug-likeness (QED) is 0.701. The average Bonchev–Trinajstić information content (AvgIpc) is 2.48. The van der Waals surface area contributed by atoms with Gasteiger partial charge in [0.15, 0.2) is 0 Å². The Kier molecular flexibility index (Phi) is 3.48.